The van der Waals surface area contributed by atoms with Crippen molar-refractivity contribution in [3.63, 3.8) is 0 Å². The van der Waals surface area contributed by atoms with Crippen molar-refractivity contribution in [3.8, 4) is 0 Å². The number of aromatic nitrogens is 3. The molecule has 3 atom stereocenters. The Balaban J connectivity index is 1.44. The molecule has 2 fully saturated rings. The maximum absolute atomic E-state index is 13.0. The highest BCUT2D eigenvalue weighted by Gasteiger charge is 2.44. The Bertz CT molecular complexity index is 1010. The van der Waals surface area contributed by atoms with Crippen LogP contribution in [0.15, 0.2) is 12.3 Å². The molecule has 5 heterocycles. The second kappa shape index (κ2) is 5.52. The van der Waals surface area contributed by atoms with Crippen LogP contribution in [-0.2, 0) is 21.1 Å². The lowest BCUT2D eigenvalue weighted by molar-refractivity contribution is -0.135. The molecule has 3 aliphatic rings. The van der Waals surface area contributed by atoms with Gasteiger partial charge < -0.3 is 4.90 Å². The lowest BCUT2D eigenvalue weighted by atomic mass is 9.97. The van der Waals surface area contributed by atoms with Crippen LogP contribution in [0.1, 0.15) is 48.7 Å². The molecule has 7 nitrogen and oxygen atoms in total. The number of fused-ring (bicyclic) bond motifs is 6. The summed E-state index contributed by atoms with van der Waals surface area (Å²) in [5, 5.41) is 4.58. The van der Waals surface area contributed by atoms with E-state index in [0.717, 1.165) is 36.2 Å². The number of aryl methyl sites for hydroxylation is 1. The van der Waals surface area contributed by atoms with E-state index in [1.807, 2.05) is 28.6 Å². The molecule has 0 spiro atoms. The van der Waals surface area contributed by atoms with Crippen LogP contribution in [-0.4, -0.2) is 51.4 Å². The van der Waals surface area contributed by atoms with Crippen LogP contribution in [0, 0.1) is 12.8 Å². The third kappa shape index (κ3) is 2.46. The van der Waals surface area contributed by atoms with Crippen molar-refractivity contribution in [2.24, 2.45) is 5.92 Å². The molecule has 8 heteroatoms. The van der Waals surface area contributed by atoms with Gasteiger partial charge in [0, 0.05) is 36.7 Å². The first-order valence-electron chi connectivity index (χ1n) is 9.27. The maximum Gasteiger partial charge on any atom is 0.223 e. The molecule has 3 aliphatic heterocycles. The predicted molar refractivity (Wildman–Crippen MR) is 95.4 cm³/mol. The van der Waals surface area contributed by atoms with Crippen LogP contribution in [0.25, 0.3) is 5.65 Å². The Labute approximate surface area is 152 Å². The van der Waals surface area contributed by atoms with Gasteiger partial charge in [0.2, 0.25) is 5.91 Å². The number of amides is 1. The molecule has 2 bridgehead atoms. The van der Waals surface area contributed by atoms with Gasteiger partial charge in [-0.3, -0.25) is 4.79 Å². The van der Waals surface area contributed by atoms with Crippen LogP contribution >= 0.6 is 0 Å². The monoisotopic (exact) mass is 374 g/mol. The number of hydrogen-bond donors (Lipinski definition) is 0. The summed E-state index contributed by atoms with van der Waals surface area (Å²) in [6, 6.07) is 2.21. The number of rotatable bonds is 2. The zero-order valence-electron chi connectivity index (χ0n) is 14.8. The Morgan fingerprint density at radius 1 is 1.31 bits per heavy atom. The van der Waals surface area contributed by atoms with Gasteiger partial charge in [-0.15, -0.1) is 0 Å². The largest absolute Gasteiger partial charge is 0.332 e. The maximum atomic E-state index is 13.0. The van der Waals surface area contributed by atoms with E-state index in [1.165, 1.54) is 5.69 Å². The molecular formula is C18H22N4O3S. The summed E-state index contributed by atoms with van der Waals surface area (Å²) in [5.74, 6) is 0.457. The second-order valence-corrected chi connectivity index (χ2v) is 10.2. The molecule has 0 aliphatic carbocycles. The molecule has 0 aromatic carbocycles. The van der Waals surface area contributed by atoms with Gasteiger partial charge in [-0.2, -0.15) is 5.10 Å². The first-order valence-corrected chi connectivity index (χ1v) is 11.1. The van der Waals surface area contributed by atoms with Gasteiger partial charge >= 0.3 is 0 Å². The fourth-order valence-corrected chi connectivity index (χ4v) is 6.83. The van der Waals surface area contributed by atoms with E-state index in [9.17, 15) is 13.2 Å². The molecule has 2 aromatic heterocycles. The van der Waals surface area contributed by atoms with E-state index in [1.54, 1.807) is 0 Å². The summed E-state index contributed by atoms with van der Waals surface area (Å²) in [6.07, 6.45) is 5.58. The highest BCUT2D eigenvalue weighted by molar-refractivity contribution is 7.91. The van der Waals surface area contributed by atoms with Gasteiger partial charge in [0.25, 0.3) is 0 Å². The molecule has 2 saturated heterocycles. The van der Waals surface area contributed by atoms with E-state index in [4.69, 9.17) is 0 Å². The molecule has 1 amide bonds. The van der Waals surface area contributed by atoms with Crippen molar-refractivity contribution in [2.75, 3.05) is 11.5 Å². The summed E-state index contributed by atoms with van der Waals surface area (Å²) < 4.78 is 25.3. The smallest absolute Gasteiger partial charge is 0.223 e. The molecule has 0 saturated carbocycles. The third-order valence-electron chi connectivity index (χ3n) is 6.11. The second-order valence-electron chi connectivity index (χ2n) is 7.94. The summed E-state index contributed by atoms with van der Waals surface area (Å²) in [4.78, 5) is 19.5. The Hall–Kier alpha value is -1.96. The lowest BCUT2D eigenvalue weighted by Crippen LogP contribution is -2.43. The van der Waals surface area contributed by atoms with Crippen molar-refractivity contribution < 1.29 is 13.2 Å². The van der Waals surface area contributed by atoms with Crippen LogP contribution in [0.4, 0.5) is 0 Å². The predicted octanol–water partition coefficient (Wildman–Crippen LogP) is 1.45. The van der Waals surface area contributed by atoms with Gasteiger partial charge in [-0.25, -0.2) is 17.9 Å². The zero-order chi connectivity index (χ0) is 18.1. The van der Waals surface area contributed by atoms with E-state index >= 15 is 0 Å². The fourth-order valence-electron chi connectivity index (χ4n) is 4.97. The Kier molecular flexibility index (Phi) is 3.44. The minimum absolute atomic E-state index is 0.0253. The molecule has 26 heavy (non-hydrogen) atoms. The molecule has 0 N–H and O–H groups in total. The number of hydrogen-bond acceptors (Lipinski definition) is 5. The van der Waals surface area contributed by atoms with Gasteiger partial charge in [0.15, 0.2) is 15.5 Å². The molecule has 2 aromatic rings. The van der Waals surface area contributed by atoms with Crippen molar-refractivity contribution in [2.45, 2.75) is 51.1 Å². The molecule has 0 radical (unpaired) electrons. The van der Waals surface area contributed by atoms with Gasteiger partial charge in [-0.1, -0.05) is 0 Å². The minimum atomic E-state index is -2.95. The average molecular weight is 374 g/mol. The normalized spacial score (nSPS) is 29.3. The summed E-state index contributed by atoms with van der Waals surface area (Å²) in [6.45, 7) is 1.96. The van der Waals surface area contributed by atoms with Crippen LogP contribution in [0.3, 0.4) is 0 Å². The number of carbonyl (C=O) groups is 1. The highest BCUT2D eigenvalue weighted by atomic mass is 32.2. The van der Waals surface area contributed by atoms with Crippen LogP contribution in [0.2, 0.25) is 0 Å². The molecular weight excluding hydrogens is 352 g/mol. The first-order chi connectivity index (χ1) is 12.4. The van der Waals surface area contributed by atoms with E-state index < -0.39 is 9.84 Å². The Morgan fingerprint density at radius 2 is 2.15 bits per heavy atom. The molecule has 138 valence electrons. The van der Waals surface area contributed by atoms with Crippen molar-refractivity contribution in [3.05, 3.63) is 29.2 Å². The summed E-state index contributed by atoms with van der Waals surface area (Å²) >= 11 is 0. The standard InChI is InChI=1S/C18H22N4O3S/c1-11-6-17-19-9-14-15-3-2-13(8-16(14)22(17)20-11)21(15)18(23)7-12-4-5-26(24,25)10-12/h6,9,12-13,15H,2-5,7-8,10H2,1H3/t12-,13-,15-/m0/s1. The Morgan fingerprint density at radius 3 is 2.92 bits per heavy atom. The first kappa shape index (κ1) is 16.2. The highest BCUT2D eigenvalue weighted by Crippen LogP contribution is 2.44. The zero-order valence-corrected chi connectivity index (χ0v) is 15.6. The van der Waals surface area contributed by atoms with Gasteiger partial charge in [-0.05, 0) is 32.1 Å². The van der Waals surface area contributed by atoms with Gasteiger partial charge in [0.05, 0.1) is 28.9 Å². The van der Waals surface area contributed by atoms with Crippen LogP contribution < -0.4 is 0 Å². The topological polar surface area (TPSA) is 84.6 Å². The number of sulfone groups is 1. The van der Waals surface area contributed by atoms with Crippen molar-refractivity contribution in [1.29, 1.82) is 0 Å². The average Bonchev–Trinajstić information content (AvgIpc) is 3.22. The number of nitrogens with zero attached hydrogens (tertiary/aromatic N) is 4. The van der Waals surface area contributed by atoms with Gasteiger partial charge in [0.1, 0.15) is 0 Å². The van der Waals surface area contributed by atoms with Crippen LogP contribution in [0.5, 0.6) is 0 Å². The molecule has 0 unspecified atom stereocenters. The minimum Gasteiger partial charge on any atom is -0.332 e. The van der Waals surface area contributed by atoms with E-state index in [-0.39, 0.29) is 35.4 Å². The quantitative estimate of drug-likeness (QED) is 0.794. The van der Waals surface area contributed by atoms with Crippen molar-refractivity contribution in [1.82, 2.24) is 19.5 Å². The molecule has 5 rings (SSSR count). The van der Waals surface area contributed by atoms with E-state index in [2.05, 4.69) is 10.1 Å². The third-order valence-corrected chi connectivity index (χ3v) is 7.94. The SMILES string of the molecule is Cc1cc2ncc3c(n2n1)C[C@@H]1CC[C@@H]3N1C(=O)C[C@@H]1CCS(=O)(=O)C1. The van der Waals surface area contributed by atoms with E-state index in [0.29, 0.717) is 12.8 Å². The summed E-state index contributed by atoms with van der Waals surface area (Å²) in [7, 11) is -2.95. The fraction of sp³-hybridized carbons (Fsp3) is 0.611. The summed E-state index contributed by atoms with van der Waals surface area (Å²) in [5.41, 5.74) is 4.07. The van der Waals surface area contributed by atoms with Crippen molar-refractivity contribution >= 4 is 21.4 Å². The number of carbonyl (C=O) groups excluding carboxylic acids is 1. The lowest BCUT2D eigenvalue weighted by Gasteiger charge is -2.36.